The normalized spacial score (nSPS) is 12.9. The summed E-state index contributed by atoms with van der Waals surface area (Å²) in [5.74, 6) is 0. The number of benzene rings is 10. The van der Waals surface area contributed by atoms with Crippen molar-refractivity contribution < 1.29 is 0 Å². The molecule has 0 radical (unpaired) electrons. The summed E-state index contributed by atoms with van der Waals surface area (Å²) in [7, 11) is 0. The van der Waals surface area contributed by atoms with Gasteiger partial charge in [0.2, 0.25) is 0 Å². The van der Waals surface area contributed by atoms with Crippen LogP contribution in [0.3, 0.4) is 0 Å². The van der Waals surface area contributed by atoms with Crippen LogP contribution in [0, 0.1) is 0 Å². The number of anilines is 3. The van der Waals surface area contributed by atoms with Crippen LogP contribution in [0.5, 0.6) is 0 Å². The molecule has 0 aliphatic heterocycles. The Labute approximate surface area is 415 Å². The Kier molecular flexibility index (Phi) is 10.5. The molecule has 348 valence electrons. The second-order valence-corrected chi connectivity index (χ2v) is 23.9. The van der Waals surface area contributed by atoms with E-state index >= 15 is 0 Å². The molecule has 10 aromatic carbocycles. The fourth-order valence-electron chi connectivity index (χ4n) is 10.9. The summed E-state index contributed by atoms with van der Waals surface area (Å²) >= 11 is 0. The van der Waals surface area contributed by atoms with E-state index in [1.165, 1.54) is 104 Å². The van der Waals surface area contributed by atoms with Crippen molar-refractivity contribution in [2.75, 3.05) is 4.90 Å². The molecule has 0 atom stereocenters. The highest BCUT2D eigenvalue weighted by Crippen LogP contribution is 2.52. The van der Waals surface area contributed by atoms with Gasteiger partial charge in [-0.15, -0.1) is 0 Å². The Hall–Kier alpha value is -7.16. The molecule has 0 fully saturated rings. The second kappa shape index (κ2) is 16.2. The molecule has 0 aliphatic carbocycles. The third-order valence-corrected chi connectivity index (χ3v) is 14.9. The topological polar surface area (TPSA) is 8.17 Å². The zero-order chi connectivity index (χ0) is 49.1. The molecular weight excluding hydrogens is 845 g/mol. The van der Waals surface area contributed by atoms with Crippen LogP contribution in [0.2, 0.25) is 0 Å². The molecule has 0 spiro atoms. The monoisotopic (exact) mass is 911 g/mol. The highest BCUT2D eigenvalue weighted by atomic mass is 15.1. The predicted octanol–water partition coefficient (Wildman–Crippen LogP) is 19.7. The van der Waals surface area contributed by atoms with Gasteiger partial charge >= 0.3 is 0 Å². The summed E-state index contributed by atoms with van der Waals surface area (Å²) in [6, 6.07) is 69.4. The number of aromatic nitrogens is 1. The number of nitrogens with zero attached hydrogens (tertiary/aromatic N) is 2. The van der Waals surface area contributed by atoms with E-state index in [-0.39, 0.29) is 21.7 Å². The minimum atomic E-state index is -0.152. The summed E-state index contributed by atoms with van der Waals surface area (Å²) in [5.41, 5.74) is 17.1. The van der Waals surface area contributed by atoms with Gasteiger partial charge in [0.15, 0.2) is 0 Å². The lowest BCUT2D eigenvalue weighted by atomic mass is 9.77. The first-order valence-electron chi connectivity index (χ1n) is 25.3. The highest BCUT2D eigenvalue weighted by molar-refractivity contribution is 6.27. The van der Waals surface area contributed by atoms with E-state index in [2.05, 4.69) is 275 Å². The van der Waals surface area contributed by atoms with E-state index in [0.717, 1.165) is 17.1 Å². The summed E-state index contributed by atoms with van der Waals surface area (Å²) < 4.78 is 2.48. The molecule has 11 rings (SSSR count). The highest BCUT2D eigenvalue weighted by Gasteiger charge is 2.29. The number of fused-ring (bicyclic) bond motifs is 3. The Balaban J connectivity index is 1.25. The van der Waals surface area contributed by atoms with Crippen LogP contribution in [0.4, 0.5) is 17.1 Å². The predicted molar refractivity (Wildman–Crippen MR) is 305 cm³/mol. The molecule has 2 heteroatoms. The van der Waals surface area contributed by atoms with Gasteiger partial charge in [0.25, 0.3) is 0 Å². The van der Waals surface area contributed by atoms with Gasteiger partial charge in [-0.1, -0.05) is 217 Å². The van der Waals surface area contributed by atoms with E-state index < -0.39 is 0 Å². The van der Waals surface area contributed by atoms with Crippen molar-refractivity contribution in [3.8, 4) is 27.9 Å². The quantitative estimate of drug-likeness (QED) is 0.151. The fraction of sp³-hybridized carbons (Fsp3) is 0.235. The van der Waals surface area contributed by atoms with Gasteiger partial charge in [0.1, 0.15) is 0 Å². The Morgan fingerprint density at radius 2 is 0.829 bits per heavy atom. The lowest BCUT2D eigenvalue weighted by Crippen LogP contribution is -2.18. The average molecular weight is 911 g/mol. The van der Waals surface area contributed by atoms with Crippen LogP contribution in [0.1, 0.15) is 105 Å². The maximum absolute atomic E-state index is 2.57. The SMILES string of the molecule is CC(C)(C)c1ccc(-c2c(-c3cc(C(C)(C)C)cc(C(C)(C)C)c3)cc(C(C)(C)C)cc2N(c2ccccc2)c2ccc3ccc4c(-n5c6ccccc6c6ccccc65)ccc5ccc2c3c54)cc1. The molecular formula is C68H66N2. The van der Waals surface area contributed by atoms with E-state index in [4.69, 9.17) is 0 Å². The van der Waals surface area contributed by atoms with E-state index in [1.807, 2.05) is 0 Å². The van der Waals surface area contributed by atoms with Crippen LogP contribution in [0.15, 0.2) is 182 Å². The van der Waals surface area contributed by atoms with Crippen molar-refractivity contribution in [2.45, 2.75) is 105 Å². The van der Waals surface area contributed by atoms with Gasteiger partial charge in [-0.2, -0.15) is 0 Å². The molecule has 0 aliphatic rings. The minimum Gasteiger partial charge on any atom is -0.309 e. The number of rotatable bonds is 6. The first-order chi connectivity index (χ1) is 33.3. The summed E-state index contributed by atoms with van der Waals surface area (Å²) in [6.45, 7) is 28.1. The second-order valence-electron chi connectivity index (χ2n) is 23.9. The number of hydrogen-bond acceptors (Lipinski definition) is 1. The fourth-order valence-corrected chi connectivity index (χ4v) is 10.9. The molecule has 0 N–H and O–H groups in total. The first-order valence-corrected chi connectivity index (χ1v) is 25.3. The van der Waals surface area contributed by atoms with Crippen molar-refractivity contribution in [3.63, 3.8) is 0 Å². The van der Waals surface area contributed by atoms with Gasteiger partial charge in [0, 0.05) is 32.8 Å². The first kappa shape index (κ1) is 45.3. The molecule has 0 bridgehead atoms. The summed E-state index contributed by atoms with van der Waals surface area (Å²) in [5, 5.41) is 10.1. The Morgan fingerprint density at radius 3 is 1.40 bits per heavy atom. The van der Waals surface area contributed by atoms with Gasteiger partial charge < -0.3 is 9.47 Å². The standard InChI is InChI=1S/C68H66N2/c1-65(2,3)47-32-26-43(27-33-47)62-56(46-38-48(66(4,5)6)40-49(39-46)67(7,8)9)41-50(68(10,11)12)42-61(62)69(51-20-14-13-15-21-51)59-36-30-44-29-35-55-60(37-31-45-28-34-54(59)63(44)64(45)55)70-57-24-18-16-22-52(57)53-23-17-19-25-58(53)70/h13-42H,1-12H3. The third-order valence-electron chi connectivity index (χ3n) is 14.9. The van der Waals surface area contributed by atoms with Crippen LogP contribution in [-0.2, 0) is 21.7 Å². The zero-order valence-electron chi connectivity index (χ0n) is 43.2. The van der Waals surface area contributed by atoms with E-state index in [9.17, 15) is 0 Å². The largest absolute Gasteiger partial charge is 0.309 e. The molecule has 70 heavy (non-hydrogen) atoms. The molecule has 0 unspecified atom stereocenters. The number of para-hydroxylation sites is 3. The van der Waals surface area contributed by atoms with Crippen molar-refractivity contribution in [3.05, 3.63) is 204 Å². The van der Waals surface area contributed by atoms with Gasteiger partial charge in [0.05, 0.1) is 28.1 Å². The van der Waals surface area contributed by atoms with Gasteiger partial charge in [-0.3, -0.25) is 0 Å². The van der Waals surface area contributed by atoms with Crippen LogP contribution in [0.25, 0.3) is 82.1 Å². The average Bonchev–Trinajstić information content (AvgIpc) is 3.66. The lowest BCUT2D eigenvalue weighted by molar-refractivity contribution is 0.569. The molecule has 2 nitrogen and oxygen atoms in total. The molecule has 1 heterocycles. The third kappa shape index (κ3) is 7.64. The van der Waals surface area contributed by atoms with Crippen LogP contribution >= 0.6 is 0 Å². The maximum atomic E-state index is 2.57. The Bertz CT molecular complexity index is 3690. The lowest BCUT2D eigenvalue weighted by Gasteiger charge is -2.33. The van der Waals surface area contributed by atoms with E-state index in [0.29, 0.717) is 0 Å². The maximum Gasteiger partial charge on any atom is 0.0549 e. The molecule has 11 aromatic rings. The van der Waals surface area contributed by atoms with Crippen LogP contribution in [-0.4, -0.2) is 4.57 Å². The van der Waals surface area contributed by atoms with Crippen molar-refractivity contribution in [1.29, 1.82) is 0 Å². The van der Waals surface area contributed by atoms with Gasteiger partial charge in [-0.25, -0.2) is 0 Å². The van der Waals surface area contributed by atoms with E-state index in [1.54, 1.807) is 0 Å². The minimum absolute atomic E-state index is 0.0160. The molecule has 0 amide bonds. The van der Waals surface area contributed by atoms with Crippen molar-refractivity contribution in [1.82, 2.24) is 4.57 Å². The summed E-state index contributed by atoms with van der Waals surface area (Å²) in [6.07, 6.45) is 0. The molecule has 1 aromatic heterocycles. The smallest absolute Gasteiger partial charge is 0.0549 e. The Morgan fingerprint density at radius 1 is 0.343 bits per heavy atom. The van der Waals surface area contributed by atoms with Crippen molar-refractivity contribution in [2.24, 2.45) is 0 Å². The molecule has 0 saturated carbocycles. The van der Waals surface area contributed by atoms with Crippen molar-refractivity contribution >= 4 is 71.2 Å². The molecule has 0 saturated heterocycles. The van der Waals surface area contributed by atoms with Crippen LogP contribution < -0.4 is 4.90 Å². The van der Waals surface area contributed by atoms with Gasteiger partial charge in [-0.05, 0) is 131 Å². The number of hydrogen-bond donors (Lipinski definition) is 0. The summed E-state index contributed by atoms with van der Waals surface area (Å²) in [4.78, 5) is 2.57. The zero-order valence-corrected chi connectivity index (χ0v) is 43.2.